The Bertz CT molecular complexity index is 2050. The van der Waals surface area contributed by atoms with Crippen LogP contribution < -0.4 is 20.1 Å². The number of benzene rings is 1. The number of hydrogen-bond donors (Lipinski definition) is 3. The van der Waals surface area contributed by atoms with Gasteiger partial charge in [0.1, 0.15) is 40.6 Å². The Kier molecular flexibility index (Phi) is 9.63. The number of aryl methyl sites for hydroxylation is 1. The van der Waals surface area contributed by atoms with Gasteiger partial charge in [-0.15, -0.1) is 0 Å². The number of rotatable bonds is 7. The van der Waals surface area contributed by atoms with E-state index in [-0.39, 0.29) is 42.9 Å². The number of halogens is 1. The van der Waals surface area contributed by atoms with Gasteiger partial charge in [0.25, 0.3) is 11.8 Å². The van der Waals surface area contributed by atoms with Crippen LogP contribution in [-0.4, -0.2) is 92.4 Å². The molecule has 2 aromatic heterocycles. The minimum absolute atomic E-state index is 0.00140. The summed E-state index contributed by atoms with van der Waals surface area (Å²) in [6.07, 6.45) is 11.0. The Morgan fingerprint density at radius 3 is 2.69 bits per heavy atom. The van der Waals surface area contributed by atoms with Gasteiger partial charge in [-0.2, -0.15) is 0 Å². The van der Waals surface area contributed by atoms with Crippen LogP contribution in [-0.2, 0) is 24.4 Å². The number of para-hydroxylation sites is 1. The standard InChI is InChI=1S/C35H39FN8O7S/c1-20-32(41-29-24(36)9-7-11-25(29)39-20)51-22-16-28-31(46)42-35(34(48)43-52(49,50)23-12-13-23)17-21(35)8-5-3-2-4-6-10-26(33(47)44(28)19-22)40-30(45)27-18-37-14-15-38-27/h5,7-9,11,14-15,18,21-23,26,28H,2-4,6,10,12-13,16-17,19H2,1H3,(H,40,45)(H,42,46)(H,43,48)/b8-5-/t21?,22-,26+,28+,35-/m1/s1. The van der Waals surface area contributed by atoms with Crippen LogP contribution in [0.25, 0.3) is 11.0 Å². The Morgan fingerprint density at radius 1 is 1.10 bits per heavy atom. The summed E-state index contributed by atoms with van der Waals surface area (Å²) in [6, 6.07) is 2.17. The highest BCUT2D eigenvalue weighted by atomic mass is 32.2. The lowest BCUT2D eigenvalue weighted by Gasteiger charge is -2.29. The molecule has 7 rings (SSSR count). The lowest BCUT2D eigenvalue weighted by Crippen LogP contribution is -2.58. The van der Waals surface area contributed by atoms with Crippen LogP contribution in [0.2, 0.25) is 0 Å². The van der Waals surface area contributed by atoms with Gasteiger partial charge < -0.3 is 20.3 Å². The Morgan fingerprint density at radius 2 is 1.92 bits per heavy atom. The molecule has 2 aliphatic heterocycles. The molecular formula is C35H39FN8O7S. The number of ether oxygens (including phenoxy) is 1. The maximum absolute atomic E-state index is 14.7. The Labute approximate surface area is 299 Å². The van der Waals surface area contributed by atoms with E-state index >= 15 is 0 Å². The van der Waals surface area contributed by atoms with Gasteiger partial charge in [0.2, 0.25) is 27.7 Å². The maximum Gasteiger partial charge on any atom is 0.272 e. The summed E-state index contributed by atoms with van der Waals surface area (Å²) in [5.74, 6) is -3.70. The summed E-state index contributed by atoms with van der Waals surface area (Å²) < 4.78 is 48.6. The molecule has 0 bridgehead atoms. The van der Waals surface area contributed by atoms with Gasteiger partial charge in [0, 0.05) is 24.7 Å². The molecule has 1 unspecified atom stereocenters. The largest absolute Gasteiger partial charge is 0.471 e. The second kappa shape index (κ2) is 14.2. The number of carbonyl (C=O) groups excluding carboxylic acids is 4. The molecule has 0 spiro atoms. The van der Waals surface area contributed by atoms with E-state index < -0.39 is 74.4 Å². The van der Waals surface area contributed by atoms with Crippen LogP contribution in [0, 0.1) is 18.7 Å². The summed E-state index contributed by atoms with van der Waals surface area (Å²) in [5.41, 5.74) is -0.827. The second-order valence-corrected chi connectivity index (χ2v) is 15.8. The first kappa shape index (κ1) is 35.3. The molecule has 5 atom stereocenters. The number of aromatic nitrogens is 4. The molecule has 52 heavy (non-hydrogen) atoms. The van der Waals surface area contributed by atoms with Crippen molar-refractivity contribution in [3.05, 3.63) is 66.1 Å². The summed E-state index contributed by atoms with van der Waals surface area (Å²) in [7, 11) is -3.91. The number of hydrogen-bond acceptors (Lipinski definition) is 11. The van der Waals surface area contributed by atoms with E-state index in [4.69, 9.17) is 4.74 Å². The molecule has 3 N–H and O–H groups in total. The summed E-state index contributed by atoms with van der Waals surface area (Å²) >= 11 is 0. The van der Waals surface area contributed by atoms with E-state index in [1.54, 1.807) is 13.0 Å². The molecule has 4 aliphatic rings. The van der Waals surface area contributed by atoms with E-state index in [0.29, 0.717) is 36.9 Å². The van der Waals surface area contributed by atoms with Crippen molar-refractivity contribution in [2.45, 2.75) is 93.7 Å². The fraction of sp³-hybridized carbons (Fsp3) is 0.486. The molecule has 1 saturated heterocycles. The SMILES string of the molecule is Cc1nc2cccc(F)c2nc1O[C@@H]1C[C@H]2C(=O)N[C@]3(C(=O)NS(=O)(=O)C4CC4)CC3/C=C\CCCCC[C@H](NC(=O)c3cnccn3)C(=O)N2C1. The first-order chi connectivity index (χ1) is 24.9. The van der Waals surface area contributed by atoms with Gasteiger partial charge in [-0.25, -0.2) is 27.8 Å². The molecule has 4 heterocycles. The van der Waals surface area contributed by atoms with Crippen molar-refractivity contribution in [3.63, 3.8) is 0 Å². The number of nitrogens with zero attached hydrogens (tertiary/aromatic N) is 5. The third-order valence-corrected chi connectivity index (χ3v) is 11.8. The molecule has 2 saturated carbocycles. The highest BCUT2D eigenvalue weighted by Gasteiger charge is 2.62. The van der Waals surface area contributed by atoms with Gasteiger partial charge in [0.05, 0.1) is 23.5 Å². The molecule has 15 nitrogen and oxygen atoms in total. The molecule has 4 amide bonds. The van der Waals surface area contributed by atoms with Gasteiger partial charge in [-0.3, -0.25) is 28.9 Å². The van der Waals surface area contributed by atoms with E-state index in [9.17, 15) is 32.0 Å². The summed E-state index contributed by atoms with van der Waals surface area (Å²) in [5, 5.41) is 4.95. The fourth-order valence-corrected chi connectivity index (χ4v) is 8.25. The van der Waals surface area contributed by atoms with E-state index in [1.165, 1.54) is 35.6 Å². The van der Waals surface area contributed by atoms with Crippen LogP contribution in [0.1, 0.15) is 74.0 Å². The van der Waals surface area contributed by atoms with Crippen molar-refractivity contribution in [3.8, 4) is 5.88 Å². The highest BCUT2D eigenvalue weighted by molar-refractivity contribution is 7.91. The Balaban J connectivity index is 1.20. The van der Waals surface area contributed by atoms with Crippen molar-refractivity contribution in [2.24, 2.45) is 5.92 Å². The number of allylic oxidation sites excluding steroid dienone is 1. The predicted octanol–water partition coefficient (Wildman–Crippen LogP) is 2.02. The quantitative estimate of drug-likeness (QED) is 0.300. The third-order valence-electron chi connectivity index (χ3n) is 10.00. The van der Waals surface area contributed by atoms with E-state index in [0.717, 1.165) is 12.8 Å². The average molecular weight is 735 g/mol. The molecule has 17 heteroatoms. The zero-order valence-corrected chi connectivity index (χ0v) is 29.3. The number of amides is 4. The minimum Gasteiger partial charge on any atom is -0.471 e. The molecular weight excluding hydrogens is 695 g/mol. The average Bonchev–Trinajstić information content (AvgIpc) is 4.05. The highest BCUT2D eigenvalue weighted by Crippen LogP contribution is 2.46. The third kappa shape index (κ3) is 7.31. The van der Waals surface area contributed by atoms with E-state index in [2.05, 4.69) is 35.3 Å². The maximum atomic E-state index is 14.7. The van der Waals surface area contributed by atoms with Gasteiger partial charge in [0.15, 0.2) is 5.82 Å². The van der Waals surface area contributed by atoms with Crippen LogP contribution in [0.3, 0.4) is 0 Å². The monoisotopic (exact) mass is 734 g/mol. The topological polar surface area (TPSA) is 203 Å². The van der Waals surface area contributed by atoms with Crippen molar-refractivity contribution in [1.82, 2.24) is 40.2 Å². The smallest absolute Gasteiger partial charge is 0.272 e. The minimum atomic E-state index is -3.91. The predicted molar refractivity (Wildman–Crippen MR) is 183 cm³/mol. The van der Waals surface area contributed by atoms with Crippen molar-refractivity contribution >= 4 is 44.7 Å². The van der Waals surface area contributed by atoms with Crippen LogP contribution in [0.15, 0.2) is 48.9 Å². The first-order valence-corrected chi connectivity index (χ1v) is 19.0. The zero-order valence-electron chi connectivity index (χ0n) is 28.5. The fourth-order valence-electron chi connectivity index (χ4n) is 6.88. The molecule has 2 aliphatic carbocycles. The van der Waals surface area contributed by atoms with E-state index in [1.807, 2.05) is 12.2 Å². The molecule has 3 aromatic rings. The van der Waals surface area contributed by atoms with Crippen molar-refractivity contribution < 1.29 is 36.7 Å². The van der Waals surface area contributed by atoms with Crippen LogP contribution in [0.4, 0.5) is 4.39 Å². The van der Waals surface area contributed by atoms with Gasteiger partial charge in [-0.1, -0.05) is 31.1 Å². The normalized spacial score (nSPS) is 27.3. The number of sulfonamides is 1. The van der Waals surface area contributed by atoms with Crippen LogP contribution >= 0.6 is 0 Å². The molecule has 274 valence electrons. The zero-order chi connectivity index (χ0) is 36.6. The Hall–Kier alpha value is -5.06. The van der Waals surface area contributed by atoms with Gasteiger partial charge in [-0.05, 0) is 57.6 Å². The molecule has 1 aromatic carbocycles. The summed E-state index contributed by atoms with van der Waals surface area (Å²) in [4.78, 5) is 73.6. The number of fused-ring (bicyclic) bond motifs is 3. The first-order valence-electron chi connectivity index (χ1n) is 17.5. The molecule has 0 radical (unpaired) electrons. The molecule has 3 fully saturated rings. The lowest BCUT2D eigenvalue weighted by atomic mass is 10.0. The van der Waals surface area contributed by atoms with Crippen molar-refractivity contribution in [2.75, 3.05) is 6.54 Å². The van der Waals surface area contributed by atoms with Gasteiger partial charge >= 0.3 is 0 Å². The second-order valence-electron chi connectivity index (χ2n) is 13.8. The van der Waals surface area contributed by atoms with Crippen LogP contribution in [0.5, 0.6) is 5.88 Å². The number of carbonyl (C=O) groups is 4. The number of nitrogens with one attached hydrogen (secondary N) is 3. The summed E-state index contributed by atoms with van der Waals surface area (Å²) in [6.45, 7) is 1.54. The lowest BCUT2D eigenvalue weighted by molar-refractivity contribution is -0.141. The van der Waals surface area contributed by atoms with Crippen molar-refractivity contribution in [1.29, 1.82) is 0 Å².